The summed E-state index contributed by atoms with van der Waals surface area (Å²) in [6.45, 7) is 2.42. The molecular weight excluding hydrogens is 316 g/mol. The van der Waals surface area contributed by atoms with E-state index in [1.54, 1.807) is 24.3 Å². The first-order chi connectivity index (χ1) is 12.0. The maximum absolute atomic E-state index is 12.4. The number of likely N-dealkylation sites (N-methyl/N-ethyl adjacent to an activating group) is 1. The molecule has 0 bridgehead atoms. The lowest BCUT2D eigenvalue weighted by molar-refractivity contribution is 0.0466. The fourth-order valence-corrected chi connectivity index (χ4v) is 3.15. The quantitative estimate of drug-likeness (QED) is 0.821. The van der Waals surface area contributed by atoms with E-state index < -0.39 is 6.10 Å². The van der Waals surface area contributed by atoms with Gasteiger partial charge in [0, 0.05) is 12.6 Å². The van der Waals surface area contributed by atoms with Crippen molar-refractivity contribution in [2.75, 3.05) is 20.1 Å². The normalized spacial score (nSPS) is 16.2. The van der Waals surface area contributed by atoms with Gasteiger partial charge in [-0.1, -0.05) is 42.5 Å². The number of carbonyl (C=O) groups is 2. The van der Waals surface area contributed by atoms with Crippen molar-refractivity contribution in [3.05, 3.63) is 71.3 Å². The summed E-state index contributed by atoms with van der Waals surface area (Å²) in [6.07, 6.45) is -0.807. The number of aliphatic hydroxyl groups is 1. The fraction of sp³-hybridized carbons (Fsp3) is 0.300. The van der Waals surface area contributed by atoms with Crippen molar-refractivity contribution >= 4 is 11.8 Å². The predicted molar refractivity (Wildman–Crippen MR) is 95.3 cm³/mol. The van der Waals surface area contributed by atoms with Crippen molar-refractivity contribution in [3.8, 4) is 0 Å². The minimum absolute atomic E-state index is 0.00179. The second-order valence-electron chi connectivity index (χ2n) is 6.45. The van der Waals surface area contributed by atoms with E-state index in [4.69, 9.17) is 0 Å². The molecule has 2 aromatic rings. The average Bonchev–Trinajstić information content (AvgIpc) is 2.87. The van der Waals surface area contributed by atoms with Gasteiger partial charge in [-0.15, -0.1) is 0 Å². The van der Waals surface area contributed by atoms with Crippen LogP contribution < -0.4 is 0 Å². The molecule has 0 fully saturated rings. The molecule has 25 heavy (non-hydrogen) atoms. The molecule has 2 aromatic carbocycles. The average molecular weight is 338 g/mol. The zero-order chi connectivity index (χ0) is 18.0. The number of imide groups is 1. The van der Waals surface area contributed by atoms with Gasteiger partial charge in [-0.05, 0) is 31.7 Å². The van der Waals surface area contributed by atoms with Gasteiger partial charge < -0.3 is 5.11 Å². The van der Waals surface area contributed by atoms with Gasteiger partial charge in [0.1, 0.15) is 0 Å². The molecule has 1 aliphatic rings. The molecule has 0 aromatic heterocycles. The van der Waals surface area contributed by atoms with Crippen LogP contribution in [-0.2, 0) is 0 Å². The summed E-state index contributed by atoms with van der Waals surface area (Å²) in [5.74, 6) is -0.670. The van der Waals surface area contributed by atoms with Crippen molar-refractivity contribution in [1.29, 1.82) is 0 Å². The molecule has 2 atom stereocenters. The zero-order valence-corrected chi connectivity index (χ0v) is 14.4. The first kappa shape index (κ1) is 17.3. The summed E-state index contributed by atoms with van der Waals surface area (Å²) < 4.78 is 0. The number of carbonyl (C=O) groups excluding carboxylic acids is 2. The third-order valence-corrected chi connectivity index (χ3v) is 4.71. The third kappa shape index (κ3) is 3.48. The molecule has 0 radical (unpaired) electrons. The molecule has 2 unspecified atom stereocenters. The van der Waals surface area contributed by atoms with Crippen LogP contribution in [0.15, 0.2) is 54.6 Å². The lowest BCUT2D eigenvalue weighted by Gasteiger charge is -2.28. The molecule has 5 heteroatoms. The summed E-state index contributed by atoms with van der Waals surface area (Å²) >= 11 is 0. The first-order valence-corrected chi connectivity index (χ1v) is 8.37. The number of nitrogens with zero attached hydrogens (tertiary/aromatic N) is 2. The number of aliphatic hydroxyl groups excluding tert-OH is 1. The standard InChI is InChI=1S/C20H22N2O3/c1-14(15-8-4-3-5-9-15)21(2)12-16(23)13-22-19(24)17-10-6-7-11-18(17)20(22)25/h3-11,14,16,23H,12-13H2,1-2H3. The van der Waals surface area contributed by atoms with Crippen LogP contribution in [-0.4, -0.2) is 53.0 Å². The van der Waals surface area contributed by atoms with E-state index in [1.807, 2.05) is 42.3 Å². The van der Waals surface area contributed by atoms with Crippen LogP contribution in [0.3, 0.4) is 0 Å². The molecule has 130 valence electrons. The van der Waals surface area contributed by atoms with Crippen molar-refractivity contribution in [2.45, 2.75) is 19.1 Å². The summed E-state index contributed by atoms with van der Waals surface area (Å²) in [5, 5.41) is 10.4. The van der Waals surface area contributed by atoms with Gasteiger partial charge in [0.25, 0.3) is 11.8 Å². The largest absolute Gasteiger partial charge is 0.390 e. The van der Waals surface area contributed by atoms with Crippen LogP contribution in [0.1, 0.15) is 39.2 Å². The van der Waals surface area contributed by atoms with Crippen molar-refractivity contribution in [3.63, 3.8) is 0 Å². The monoisotopic (exact) mass is 338 g/mol. The number of rotatable bonds is 6. The highest BCUT2D eigenvalue weighted by atomic mass is 16.3. The third-order valence-electron chi connectivity index (χ3n) is 4.71. The summed E-state index contributed by atoms with van der Waals surface area (Å²) in [7, 11) is 1.92. The predicted octanol–water partition coefficient (Wildman–Crippen LogP) is 2.34. The Morgan fingerprint density at radius 1 is 0.960 bits per heavy atom. The van der Waals surface area contributed by atoms with E-state index in [2.05, 4.69) is 6.92 Å². The van der Waals surface area contributed by atoms with E-state index >= 15 is 0 Å². The number of hydrogen-bond acceptors (Lipinski definition) is 4. The first-order valence-electron chi connectivity index (χ1n) is 8.37. The topological polar surface area (TPSA) is 60.9 Å². The molecule has 3 rings (SSSR count). The van der Waals surface area contributed by atoms with Gasteiger partial charge in [-0.2, -0.15) is 0 Å². The van der Waals surface area contributed by atoms with Gasteiger partial charge in [0.2, 0.25) is 0 Å². The molecule has 0 saturated carbocycles. The molecule has 1 N–H and O–H groups in total. The van der Waals surface area contributed by atoms with Gasteiger partial charge >= 0.3 is 0 Å². The number of benzene rings is 2. The highest BCUT2D eigenvalue weighted by Gasteiger charge is 2.36. The Labute approximate surface area is 147 Å². The minimum Gasteiger partial charge on any atom is -0.390 e. The molecule has 0 spiro atoms. The Bertz CT molecular complexity index is 741. The molecule has 5 nitrogen and oxygen atoms in total. The number of amides is 2. The van der Waals surface area contributed by atoms with Crippen LogP contribution >= 0.6 is 0 Å². The van der Waals surface area contributed by atoms with E-state index in [1.165, 1.54) is 0 Å². The molecule has 0 saturated heterocycles. The van der Waals surface area contributed by atoms with E-state index in [0.717, 1.165) is 10.5 Å². The van der Waals surface area contributed by atoms with Crippen LogP contribution in [0.5, 0.6) is 0 Å². The minimum atomic E-state index is -0.807. The van der Waals surface area contributed by atoms with Crippen molar-refractivity contribution in [1.82, 2.24) is 9.80 Å². The number of β-amino-alcohol motifs (C(OH)–C–C–N with tert-alkyl or cyclic N) is 1. The Morgan fingerprint density at radius 2 is 1.48 bits per heavy atom. The van der Waals surface area contributed by atoms with Gasteiger partial charge in [-0.25, -0.2) is 0 Å². The highest BCUT2D eigenvalue weighted by molar-refractivity contribution is 6.21. The van der Waals surface area contributed by atoms with Crippen LogP contribution in [0, 0.1) is 0 Å². The maximum atomic E-state index is 12.4. The van der Waals surface area contributed by atoms with Crippen LogP contribution in [0.4, 0.5) is 0 Å². The van der Waals surface area contributed by atoms with Crippen LogP contribution in [0.2, 0.25) is 0 Å². The molecule has 1 heterocycles. The fourth-order valence-electron chi connectivity index (χ4n) is 3.15. The van der Waals surface area contributed by atoms with Gasteiger partial charge in [0.15, 0.2) is 0 Å². The van der Waals surface area contributed by atoms with Crippen molar-refractivity contribution < 1.29 is 14.7 Å². The lowest BCUT2D eigenvalue weighted by Crippen LogP contribution is -2.42. The second kappa shape index (κ2) is 7.17. The zero-order valence-electron chi connectivity index (χ0n) is 14.4. The number of fused-ring (bicyclic) bond motifs is 1. The van der Waals surface area contributed by atoms with E-state index in [0.29, 0.717) is 17.7 Å². The Hall–Kier alpha value is -2.50. The SMILES string of the molecule is CC(c1ccccc1)N(C)CC(O)CN1C(=O)c2ccccc2C1=O. The second-order valence-corrected chi connectivity index (χ2v) is 6.45. The van der Waals surface area contributed by atoms with Gasteiger partial charge in [-0.3, -0.25) is 19.4 Å². The molecular formula is C20H22N2O3. The molecule has 1 aliphatic heterocycles. The Balaban J connectivity index is 1.62. The summed E-state index contributed by atoms with van der Waals surface area (Å²) in [5.41, 5.74) is 1.97. The van der Waals surface area contributed by atoms with E-state index in [-0.39, 0.29) is 24.4 Å². The molecule has 0 aliphatic carbocycles. The Kier molecular flexibility index (Phi) is 4.97. The van der Waals surface area contributed by atoms with Crippen LogP contribution in [0.25, 0.3) is 0 Å². The number of hydrogen-bond donors (Lipinski definition) is 1. The lowest BCUT2D eigenvalue weighted by atomic mass is 10.1. The van der Waals surface area contributed by atoms with E-state index in [9.17, 15) is 14.7 Å². The summed E-state index contributed by atoms with van der Waals surface area (Å²) in [4.78, 5) is 27.9. The van der Waals surface area contributed by atoms with Gasteiger partial charge in [0.05, 0.1) is 23.8 Å². The highest BCUT2D eigenvalue weighted by Crippen LogP contribution is 2.23. The van der Waals surface area contributed by atoms with Crippen molar-refractivity contribution in [2.24, 2.45) is 0 Å². The smallest absolute Gasteiger partial charge is 0.261 e. The summed E-state index contributed by atoms with van der Waals surface area (Å²) in [6, 6.07) is 16.9. The molecule has 2 amide bonds. The maximum Gasteiger partial charge on any atom is 0.261 e. The Morgan fingerprint density at radius 3 is 2.04 bits per heavy atom.